The molecule has 2 unspecified atom stereocenters. The molecule has 254 valence electrons. The Balaban J connectivity index is 1.56. The predicted molar refractivity (Wildman–Crippen MR) is 185 cm³/mol. The SMILES string of the molecule is CC[C@H](NC[C@H](Cc1cscn1)NC(=O)c1cc(C(=O)NC(C)C2CCSC2)cc(N(C)S(=O)(=O)N(C)C)c1)C(=O)NCC1CC1. The molecule has 2 fully saturated rings. The number of hydrogen-bond donors (Lipinski definition) is 4. The number of amides is 3. The van der Waals surface area contributed by atoms with E-state index in [9.17, 15) is 22.8 Å². The van der Waals surface area contributed by atoms with Crippen LogP contribution in [0.5, 0.6) is 0 Å². The topological polar surface area (TPSA) is 153 Å². The Morgan fingerprint density at radius 1 is 1.04 bits per heavy atom. The van der Waals surface area contributed by atoms with Crippen LogP contribution in [0.15, 0.2) is 29.1 Å². The van der Waals surface area contributed by atoms with Crippen molar-refractivity contribution in [3.63, 3.8) is 0 Å². The van der Waals surface area contributed by atoms with Gasteiger partial charge in [0.05, 0.1) is 22.9 Å². The molecule has 1 saturated heterocycles. The van der Waals surface area contributed by atoms with Gasteiger partial charge >= 0.3 is 10.2 Å². The van der Waals surface area contributed by atoms with E-state index in [2.05, 4.69) is 26.3 Å². The van der Waals surface area contributed by atoms with E-state index in [1.807, 2.05) is 31.0 Å². The standard InChI is InChI=1S/C31H47N7O5S3/c1-6-28(31(41)33-15-21-7-8-21)32-16-25(14-26-18-45-19-34-26)36-30(40)24-11-23(29(39)35-20(2)22-9-10-44-17-22)12-27(13-24)38(5)46(42,43)37(3)4/h11-13,18-22,25,28,32H,6-10,14-17H2,1-5H3,(H,33,41)(H,35,39)(H,36,40)/t20?,22?,25-,28-/m0/s1. The molecule has 4 atom stereocenters. The number of benzene rings is 1. The molecular formula is C31H47N7O5S3. The highest BCUT2D eigenvalue weighted by Crippen LogP contribution is 2.28. The van der Waals surface area contributed by atoms with E-state index in [-0.39, 0.29) is 34.7 Å². The van der Waals surface area contributed by atoms with Crippen LogP contribution >= 0.6 is 23.1 Å². The molecule has 12 nitrogen and oxygen atoms in total. The lowest BCUT2D eigenvalue weighted by Crippen LogP contribution is -2.50. The Labute approximate surface area is 281 Å². The first-order valence-corrected chi connectivity index (χ1v) is 19.3. The third kappa shape index (κ3) is 9.89. The number of nitrogens with zero attached hydrogens (tertiary/aromatic N) is 3. The number of aromatic nitrogens is 1. The van der Waals surface area contributed by atoms with E-state index in [1.165, 1.54) is 50.7 Å². The van der Waals surface area contributed by atoms with E-state index in [4.69, 9.17) is 0 Å². The summed E-state index contributed by atoms with van der Waals surface area (Å²) in [5, 5.41) is 14.3. The summed E-state index contributed by atoms with van der Waals surface area (Å²) >= 11 is 3.31. The van der Waals surface area contributed by atoms with Crippen molar-refractivity contribution in [1.29, 1.82) is 0 Å². The van der Waals surface area contributed by atoms with Gasteiger partial charge in [-0.25, -0.2) is 4.98 Å². The molecule has 2 heterocycles. The van der Waals surface area contributed by atoms with Crippen molar-refractivity contribution < 1.29 is 22.8 Å². The second-order valence-corrected chi connectivity index (χ2v) is 16.4. The van der Waals surface area contributed by atoms with Crippen molar-refractivity contribution >= 4 is 56.7 Å². The fourth-order valence-electron chi connectivity index (χ4n) is 5.22. The smallest absolute Gasteiger partial charge is 0.303 e. The quantitative estimate of drug-likeness (QED) is 0.197. The molecule has 0 spiro atoms. The average Bonchev–Trinajstić information content (AvgIpc) is 3.43. The third-order valence-corrected chi connectivity index (χ3v) is 12.2. The van der Waals surface area contributed by atoms with E-state index in [0.717, 1.165) is 45.1 Å². The molecule has 1 saturated carbocycles. The van der Waals surface area contributed by atoms with Gasteiger partial charge in [0.15, 0.2) is 0 Å². The molecule has 46 heavy (non-hydrogen) atoms. The molecule has 2 aromatic rings. The van der Waals surface area contributed by atoms with Crippen molar-refractivity contribution in [2.24, 2.45) is 11.8 Å². The molecule has 1 aliphatic carbocycles. The van der Waals surface area contributed by atoms with Gasteiger partial charge in [-0.2, -0.15) is 24.5 Å². The second-order valence-electron chi connectivity index (χ2n) is 12.3. The Hall–Kier alpha value is -2.72. The average molecular weight is 694 g/mol. The van der Waals surface area contributed by atoms with Crippen LogP contribution in [0.3, 0.4) is 0 Å². The summed E-state index contributed by atoms with van der Waals surface area (Å²) in [6.45, 7) is 4.89. The van der Waals surface area contributed by atoms with Crippen molar-refractivity contribution in [3.05, 3.63) is 45.9 Å². The van der Waals surface area contributed by atoms with Crippen LogP contribution in [0.4, 0.5) is 5.69 Å². The Morgan fingerprint density at radius 3 is 2.30 bits per heavy atom. The summed E-state index contributed by atoms with van der Waals surface area (Å²) in [6.07, 6.45) is 4.30. The molecule has 4 rings (SSSR count). The lowest BCUT2D eigenvalue weighted by molar-refractivity contribution is -0.123. The van der Waals surface area contributed by atoms with Gasteiger partial charge in [-0.3, -0.25) is 18.7 Å². The highest BCUT2D eigenvalue weighted by Gasteiger charge is 2.28. The van der Waals surface area contributed by atoms with E-state index >= 15 is 0 Å². The van der Waals surface area contributed by atoms with E-state index < -0.39 is 28.2 Å². The molecular weight excluding hydrogens is 647 g/mol. The van der Waals surface area contributed by atoms with Crippen LogP contribution in [0, 0.1) is 11.8 Å². The minimum atomic E-state index is -3.90. The van der Waals surface area contributed by atoms with Gasteiger partial charge in [0.2, 0.25) is 5.91 Å². The first kappa shape index (κ1) is 36.1. The summed E-state index contributed by atoms with van der Waals surface area (Å²) < 4.78 is 28.2. The van der Waals surface area contributed by atoms with Crippen LogP contribution in [0.2, 0.25) is 0 Å². The van der Waals surface area contributed by atoms with Gasteiger partial charge in [-0.1, -0.05) is 6.92 Å². The molecule has 3 amide bonds. The van der Waals surface area contributed by atoms with Crippen molar-refractivity contribution in [2.45, 2.75) is 64.1 Å². The number of thioether (sulfide) groups is 1. The molecule has 2 aliphatic rings. The fourth-order valence-corrected chi connectivity index (χ4v) is 8.05. The molecule has 1 aliphatic heterocycles. The van der Waals surface area contributed by atoms with Crippen molar-refractivity contribution in [3.8, 4) is 0 Å². The Kier molecular flexibility index (Phi) is 12.9. The molecule has 4 N–H and O–H groups in total. The van der Waals surface area contributed by atoms with Gasteiger partial charge in [0.1, 0.15) is 0 Å². The Morgan fingerprint density at radius 2 is 1.74 bits per heavy atom. The number of thiazole rings is 1. The number of rotatable bonds is 17. The van der Waals surface area contributed by atoms with Crippen LogP contribution in [0.1, 0.15) is 65.9 Å². The van der Waals surface area contributed by atoms with Crippen molar-refractivity contribution in [2.75, 3.05) is 50.0 Å². The van der Waals surface area contributed by atoms with Crippen LogP contribution in [-0.2, 0) is 21.4 Å². The van der Waals surface area contributed by atoms with Gasteiger partial charge in [0.25, 0.3) is 11.8 Å². The van der Waals surface area contributed by atoms with Crippen LogP contribution in [0.25, 0.3) is 0 Å². The van der Waals surface area contributed by atoms with Crippen LogP contribution in [-0.4, -0.2) is 99.3 Å². The third-order valence-electron chi connectivity index (χ3n) is 8.52. The number of anilines is 1. The zero-order valence-electron chi connectivity index (χ0n) is 27.2. The summed E-state index contributed by atoms with van der Waals surface area (Å²) in [5.41, 5.74) is 3.04. The molecule has 0 bridgehead atoms. The van der Waals surface area contributed by atoms with Gasteiger partial charge in [0, 0.05) is 69.2 Å². The van der Waals surface area contributed by atoms with Gasteiger partial charge in [-0.05, 0) is 74.1 Å². The maximum Gasteiger partial charge on any atom is 0.303 e. The van der Waals surface area contributed by atoms with Gasteiger partial charge < -0.3 is 21.3 Å². The number of carbonyl (C=O) groups excluding carboxylic acids is 3. The zero-order chi connectivity index (χ0) is 33.4. The highest BCUT2D eigenvalue weighted by atomic mass is 32.2. The fraction of sp³-hybridized carbons (Fsp3) is 0.613. The minimum Gasteiger partial charge on any atom is -0.354 e. The molecule has 1 aromatic carbocycles. The zero-order valence-corrected chi connectivity index (χ0v) is 29.7. The van der Waals surface area contributed by atoms with Crippen molar-refractivity contribution in [1.82, 2.24) is 30.6 Å². The minimum absolute atomic E-state index is 0.0629. The largest absolute Gasteiger partial charge is 0.354 e. The maximum atomic E-state index is 13.8. The lowest BCUT2D eigenvalue weighted by Gasteiger charge is -2.25. The van der Waals surface area contributed by atoms with Gasteiger partial charge in [-0.15, -0.1) is 11.3 Å². The molecule has 15 heteroatoms. The molecule has 0 radical (unpaired) electrons. The van der Waals surface area contributed by atoms with E-state index in [1.54, 1.807) is 5.51 Å². The lowest BCUT2D eigenvalue weighted by atomic mass is 10.00. The first-order valence-electron chi connectivity index (χ1n) is 15.8. The number of nitrogens with one attached hydrogen (secondary N) is 4. The van der Waals surface area contributed by atoms with E-state index in [0.29, 0.717) is 37.8 Å². The number of hydrogen-bond acceptors (Lipinski definition) is 9. The second kappa shape index (κ2) is 16.4. The number of carbonyl (C=O) groups is 3. The summed E-state index contributed by atoms with van der Waals surface area (Å²) in [5.74, 6) is 2.02. The van der Waals surface area contributed by atoms with Crippen LogP contribution < -0.4 is 25.6 Å². The normalized spacial score (nSPS) is 18.5. The predicted octanol–water partition coefficient (Wildman–Crippen LogP) is 2.49. The molecule has 1 aromatic heterocycles. The maximum absolute atomic E-state index is 13.8. The summed E-state index contributed by atoms with van der Waals surface area (Å²) in [7, 11) is 0.331. The first-order chi connectivity index (χ1) is 21.9. The highest BCUT2D eigenvalue weighted by molar-refractivity contribution is 7.99. The summed E-state index contributed by atoms with van der Waals surface area (Å²) in [6, 6.07) is 3.52. The summed E-state index contributed by atoms with van der Waals surface area (Å²) in [4.78, 5) is 44.5. The monoisotopic (exact) mass is 693 g/mol. The Bertz CT molecular complexity index is 1440.